The third-order valence-corrected chi connectivity index (χ3v) is 16.8. The maximum Gasteiger partial charge on any atom is 0.472 e. The number of aliphatic hydroxyl groups excluding tert-OH is 2. The number of hydrogen-bond donors (Lipinski definition) is 4. The third-order valence-electron chi connectivity index (χ3n) is 14.9. The van der Waals surface area contributed by atoms with Gasteiger partial charge in [0.2, 0.25) is 0 Å². The van der Waals surface area contributed by atoms with Crippen LogP contribution in [0.15, 0.2) is 72.9 Å². The van der Waals surface area contributed by atoms with Gasteiger partial charge in [-0.3, -0.25) is 32.5 Å². The molecule has 0 amide bonds. The number of rotatable bonds is 67. The molecule has 0 aliphatic carbocycles. The Bertz CT molecular complexity index is 1920. The van der Waals surface area contributed by atoms with Crippen LogP contribution in [0.5, 0.6) is 0 Å². The molecule has 0 rings (SSSR count). The van der Waals surface area contributed by atoms with E-state index in [-0.39, 0.29) is 19.3 Å². The lowest BCUT2D eigenvalue weighted by Crippen LogP contribution is -2.30. The van der Waals surface area contributed by atoms with Crippen LogP contribution in [0.4, 0.5) is 0 Å². The summed E-state index contributed by atoms with van der Waals surface area (Å²) in [6, 6.07) is 0. The van der Waals surface area contributed by atoms with Crippen molar-refractivity contribution in [2.75, 3.05) is 39.6 Å². The molecule has 5 atom stereocenters. The number of allylic oxidation sites excluding steroid dienone is 12. The zero-order valence-corrected chi connectivity index (χ0v) is 57.9. The minimum atomic E-state index is -4.91. The summed E-state index contributed by atoms with van der Waals surface area (Å²) < 4.78 is 60.8. The van der Waals surface area contributed by atoms with E-state index in [9.17, 15) is 43.5 Å². The van der Waals surface area contributed by atoms with E-state index in [0.29, 0.717) is 19.3 Å². The van der Waals surface area contributed by atoms with Crippen LogP contribution < -0.4 is 0 Å². The van der Waals surface area contributed by atoms with Gasteiger partial charge in [-0.15, -0.1) is 0 Å². The number of ether oxygens (including phenoxy) is 3. The number of unbranched alkanes of at least 4 members (excludes halogenated alkanes) is 32. The van der Waals surface area contributed by atoms with Gasteiger partial charge in [-0.25, -0.2) is 9.13 Å². The summed E-state index contributed by atoms with van der Waals surface area (Å²) in [4.78, 5) is 58.2. The monoisotopic (exact) mass is 1300 g/mol. The molecule has 0 saturated heterocycles. The smallest absolute Gasteiger partial charge is 0.463 e. The number of aliphatic hydroxyl groups is 2. The lowest BCUT2D eigenvalue weighted by Gasteiger charge is -2.21. The van der Waals surface area contributed by atoms with E-state index in [1.807, 2.05) is 0 Å². The van der Waals surface area contributed by atoms with Crippen molar-refractivity contribution in [3.05, 3.63) is 72.9 Å². The molecule has 89 heavy (non-hydrogen) atoms. The lowest BCUT2D eigenvalue weighted by atomic mass is 10.0. The van der Waals surface area contributed by atoms with Crippen LogP contribution in [0.2, 0.25) is 0 Å². The summed E-state index contributed by atoms with van der Waals surface area (Å²) >= 11 is 0. The Morgan fingerprint density at radius 2 is 0.596 bits per heavy atom. The van der Waals surface area contributed by atoms with Crippen molar-refractivity contribution < 1.29 is 75.8 Å². The Kier molecular flexibility index (Phi) is 62.9. The minimum absolute atomic E-state index is 0.112. The van der Waals surface area contributed by atoms with Crippen LogP contribution in [0.3, 0.4) is 0 Å². The second kappa shape index (κ2) is 65.1. The molecule has 18 heteroatoms. The zero-order chi connectivity index (χ0) is 65.3. The fraction of sp³-hybridized carbons (Fsp3) is 0.789. The Labute approximate surface area is 541 Å². The van der Waals surface area contributed by atoms with Gasteiger partial charge in [0.25, 0.3) is 0 Å². The van der Waals surface area contributed by atoms with Crippen molar-refractivity contribution in [1.82, 2.24) is 0 Å². The fourth-order valence-corrected chi connectivity index (χ4v) is 11.2. The second-order valence-electron chi connectivity index (χ2n) is 23.7. The molecule has 0 spiro atoms. The average molecular weight is 1300 g/mol. The largest absolute Gasteiger partial charge is 0.472 e. The van der Waals surface area contributed by atoms with Gasteiger partial charge in [0.1, 0.15) is 25.4 Å². The Hall–Kier alpha value is -3.01. The fourth-order valence-electron chi connectivity index (χ4n) is 9.58. The predicted molar refractivity (Wildman–Crippen MR) is 362 cm³/mol. The first-order chi connectivity index (χ1) is 43.2. The van der Waals surface area contributed by atoms with Crippen molar-refractivity contribution >= 4 is 33.6 Å². The maximum atomic E-state index is 12.8. The van der Waals surface area contributed by atoms with Gasteiger partial charge in [0.05, 0.1) is 26.4 Å². The van der Waals surface area contributed by atoms with Gasteiger partial charge in [-0.2, -0.15) is 0 Å². The summed E-state index contributed by atoms with van der Waals surface area (Å²) in [5, 5.41) is 20.5. The van der Waals surface area contributed by atoms with Crippen LogP contribution >= 0.6 is 15.6 Å². The Morgan fingerprint density at radius 3 is 0.944 bits per heavy atom. The predicted octanol–water partition coefficient (Wildman–Crippen LogP) is 19.5. The second-order valence-corrected chi connectivity index (χ2v) is 26.6. The topological polar surface area (TPSA) is 231 Å². The minimum Gasteiger partial charge on any atom is -0.463 e. The van der Waals surface area contributed by atoms with Gasteiger partial charge < -0.3 is 34.2 Å². The Balaban J connectivity index is 4.39. The first-order valence-corrected chi connectivity index (χ1v) is 38.2. The van der Waals surface area contributed by atoms with Crippen LogP contribution in [0, 0.1) is 0 Å². The summed E-state index contributed by atoms with van der Waals surface area (Å²) in [5.74, 6) is -1.56. The first kappa shape index (κ1) is 86.0. The highest BCUT2D eigenvalue weighted by molar-refractivity contribution is 7.47. The van der Waals surface area contributed by atoms with E-state index in [0.717, 1.165) is 116 Å². The molecule has 16 nitrogen and oxygen atoms in total. The molecule has 4 N–H and O–H groups in total. The van der Waals surface area contributed by atoms with E-state index in [2.05, 4.69) is 93.7 Å². The molecule has 0 saturated carbocycles. The van der Waals surface area contributed by atoms with E-state index in [1.54, 1.807) is 0 Å². The number of phosphoric ester groups is 2. The zero-order valence-electron chi connectivity index (χ0n) is 56.1. The first-order valence-electron chi connectivity index (χ1n) is 35.2. The van der Waals surface area contributed by atoms with Crippen molar-refractivity contribution in [2.45, 2.75) is 322 Å². The Morgan fingerprint density at radius 1 is 0.326 bits per heavy atom. The molecular formula is C71H128O16P2. The van der Waals surface area contributed by atoms with Crippen molar-refractivity contribution in [2.24, 2.45) is 0 Å². The maximum absolute atomic E-state index is 12.8. The van der Waals surface area contributed by atoms with Crippen molar-refractivity contribution in [1.29, 1.82) is 0 Å². The van der Waals surface area contributed by atoms with Crippen LogP contribution in [0.1, 0.15) is 303 Å². The summed E-state index contributed by atoms with van der Waals surface area (Å²) in [7, 11) is -9.75. The summed E-state index contributed by atoms with van der Waals surface area (Å²) in [6.07, 6.45) is 68.3. The van der Waals surface area contributed by atoms with Gasteiger partial charge in [-0.05, 0) is 70.6 Å². The van der Waals surface area contributed by atoms with Crippen LogP contribution in [0.25, 0.3) is 0 Å². The van der Waals surface area contributed by atoms with Crippen molar-refractivity contribution in [3.63, 3.8) is 0 Å². The molecule has 0 radical (unpaired) electrons. The molecule has 518 valence electrons. The van der Waals surface area contributed by atoms with E-state index >= 15 is 0 Å². The third kappa shape index (κ3) is 66.3. The van der Waals surface area contributed by atoms with E-state index < -0.39 is 91.5 Å². The number of hydrogen-bond acceptors (Lipinski definition) is 14. The molecule has 0 heterocycles. The van der Waals surface area contributed by atoms with Crippen LogP contribution in [-0.2, 0) is 55.8 Å². The molecular weight excluding hydrogens is 1170 g/mol. The van der Waals surface area contributed by atoms with E-state index in [1.165, 1.54) is 128 Å². The standard InChI is InChI=1S/C71H128O16P2/c1-4-7-10-13-16-19-22-24-25-26-27-28-29-30-31-32-33-34-35-36-37-38-39-41-44-45-48-51-54-57-69(74)81-60-66(72)61-83-88(77,78)84-62-67(73)63-85-89(79,80)86-65-68(87-71(76)59-56-53-50-47-42-21-18-15-12-9-6-3)64-82-70(75)58-55-52-49-46-43-40-23-20-17-14-11-8-5-2/h7,10,16,19,24-25,27-28,30-31,33-34,66-68,72-73H,4-6,8-9,11-15,17-18,20-23,26,29,32,35-65H2,1-3H3,(H,77,78)(H,79,80)/b10-7-,19-16-,25-24-,28-27-,31-30-,34-33-. The lowest BCUT2D eigenvalue weighted by molar-refractivity contribution is -0.161. The van der Waals surface area contributed by atoms with Gasteiger partial charge >= 0.3 is 33.6 Å². The normalized spacial score (nSPS) is 14.6. The van der Waals surface area contributed by atoms with Gasteiger partial charge in [0, 0.05) is 19.3 Å². The van der Waals surface area contributed by atoms with Crippen LogP contribution in [-0.4, -0.2) is 95.9 Å². The number of carbonyl (C=O) groups is 3. The number of esters is 3. The molecule has 0 aromatic heterocycles. The quantitative estimate of drug-likeness (QED) is 0.0146. The molecule has 0 aromatic carbocycles. The number of phosphoric acid groups is 2. The highest BCUT2D eigenvalue weighted by atomic mass is 31.2. The van der Waals surface area contributed by atoms with Gasteiger partial charge in [0.15, 0.2) is 6.10 Å². The molecule has 5 unspecified atom stereocenters. The molecule has 0 fully saturated rings. The van der Waals surface area contributed by atoms with Crippen molar-refractivity contribution in [3.8, 4) is 0 Å². The molecule has 0 aliphatic rings. The summed E-state index contributed by atoms with van der Waals surface area (Å²) in [5.41, 5.74) is 0. The average Bonchev–Trinajstić information content (AvgIpc) is 3.73. The SMILES string of the molecule is CC/C=C\C/C=C\C/C=C\C/C=C\C/C=C\C/C=C\CCCCCCCCCCCCC(=O)OCC(O)COP(=O)(O)OCC(O)COP(=O)(O)OCC(COC(=O)CCCCCCCCCCCCCCC)OC(=O)CCCCCCCCCCCCC. The molecule has 0 bridgehead atoms. The molecule has 0 aliphatic heterocycles. The number of carbonyl (C=O) groups excluding carboxylic acids is 3. The van der Waals surface area contributed by atoms with E-state index in [4.69, 9.17) is 32.3 Å². The highest BCUT2D eigenvalue weighted by Crippen LogP contribution is 2.45. The van der Waals surface area contributed by atoms with Gasteiger partial charge in [-0.1, -0.05) is 286 Å². The molecule has 0 aromatic rings. The summed E-state index contributed by atoms with van der Waals surface area (Å²) in [6.45, 7) is 2.57. The highest BCUT2D eigenvalue weighted by Gasteiger charge is 2.29.